The number of aryl methyl sites for hydroxylation is 1. The van der Waals surface area contributed by atoms with Crippen molar-refractivity contribution in [2.24, 2.45) is 4.99 Å². The van der Waals surface area contributed by atoms with Crippen molar-refractivity contribution in [3.05, 3.63) is 52.4 Å². The molecule has 0 bridgehead atoms. The van der Waals surface area contributed by atoms with Crippen LogP contribution in [0.15, 0.2) is 41.0 Å². The first kappa shape index (κ1) is 16.4. The van der Waals surface area contributed by atoms with Crippen molar-refractivity contribution in [2.75, 3.05) is 20.6 Å². The van der Waals surface area contributed by atoms with E-state index in [2.05, 4.69) is 36.8 Å². The largest absolute Gasteiger partial charge is 0.356 e. The monoisotopic (exact) mass is 342 g/mol. The van der Waals surface area contributed by atoms with Crippen molar-refractivity contribution in [3.8, 4) is 0 Å². The second-order valence-corrected chi connectivity index (χ2v) is 6.70. The fourth-order valence-corrected chi connectivity index (χ4v) is 3.20. The van der Waals surface area contributed by atoms with Gasteiger partial charge in [0.1, 0.15) is 5.65 Å². The number of rotatable bonds is 5. The van der Waals surface area contributed by atoms with Crippen LogP contribution in [0.1, 0.15) is 16.4 Å². The predicted octanol–water partition coefficient (Wildman–Crippen LogP) is 2.35. The lowest BCUT2D eigenvalue weighted by Crippen LogP contribution is -2.39. The number of nitrogens with zero attached hydrogens (tertiary/aromatic N) is 5. The molecule has 126 valence electrons. The van der Waals surface area contributed by atoms with Crippen molar-refractivity contribution in [3.63, 3.8) is 0 Å². The van der Waals surface area contributed by atoms with E-state index in [9.17, 15) is 0 Å². The second kappa shape index (κ2) is 7.44. The number of hydrogen-bond donors (Lipinski definition) is 1. The van der Waals surface area contributed by atoms with E-state index in [-0.39, 0.29) is 0 Å². The van der Waals surface area contributed by atoms with Gasteiger partial charge in [-0.25, -0.2) is 9.97 Å². The standard InChI is InChI=1S/C17H22N6S/c1-13-20-15(12-24-13)10-22(3)17(18-2)19-8-7-14-11-23-9-5-4-6-16(23)21-14/h4-6,9,11-12H,7-8,10H2,1-3H3,(H,18,19). The van der Waals surface area contributed by atoms with Gasteiger partial charge in [-0.15, -0.1) is 11.3 Å². The second-order valence-electron chi connectivity index (χ2n) is 5.64. The molecule has 3 heterocycles. The van der Waals surface area contributed by atoms with Crippen molar-refractivity contribution in [1.82, 2.24) is 24.6 Å². The third kappa shape index (κ3) is 3.91. The van der Waals surface area contributed by atoms with E-state index in [1.807, 2.05) is 42.8 Å². The van der Waals surface area contributed by atoms with Gasteiger partial charge in [0.05, 0.1) is 22.9 Å². The fourth-order valence-electron chi connectivity index (χ4n) is 2.59. The Bertz CT molecular complexity index is 801. The van der Waals surface area contributed by atoms with Gasteiger partial charge in [-0.1, -0.05) is 6.07 Å². The molecule has 0 fully saturated rings. The normalized spacial score (nSPS) is 11.9. The van der Waals surface area contributed by atoms with Crippen molar-refractivity contribution in [1.29, 1.82) is 0 Å². The van der Waals surface area contributed by atoms with E-state index in [1.165, 1.54) is 0 Å². The minimum atomic E-state index is 0.748. The molecule has 3 rings (SSSR count). The van der Waals surface area contributed by atoms with Crippen LogP contribution < -0.4 is 5.32 Å². The number of aliphatic imine (C=N–C) groups is 1. The third-order valence-electron chi connectivity index (χ3n) is 3.72. The van der Waals surface area contributed by atoms with E-state index < -0.39 is 0 Å². The first-order valence-electron chi connectivity index (χ1n) is 7.91. The molecule has 0 aliphatic rings. The van der Waals surface area contributed by atoms with E-state index in [0.717, 1.165) is 47.5 Å². The van der Waals surface area contributed by atoms with Crippen LogP contribution in [0.3, 0.4) is 0 Å². The van der Waals surface area contributed by atoms with Crippen LogP contribution in [0.2, 0.25) is 0 Å². The van der Waals surface area contributed by atoms with Gasteiger partial charge in [-0.2, -0.15) is 0 Å². The maximum absolute atomic E-state index is 4.61. The van der Waals surface area contributed by atoms with E-state index in [0.29, 0.717) is 0 Å². The molecule has 0 aliphatic heterocycles. The fraction of sp³-hybridized carbons (Fsp3) is 0.353. The van der Waals surface area contributed by atoms with Crippen LogP contribution in [0, 0.1) is 6.92 Å². The molecule has 0 aliphatic carbocycles. The molecule has 0 atom stereocenters. The summed E-state index contributed by atoms with van der Waals surface area (Å²) >= 11 is 1.67. The van der Waals surface area contributed by atoms with Crippen LogP contribution in [0.4, 0.5) is 0 Å². The van der Waals surface area contributed by atoms with Crippen LogP contribution >= 0.6 is 11.3 Å². The molecule has 3 aromatic rings. The van der Waals surface area contributed by atoms with Gasteiger partial charge in [-0.3, -0.25) is 4.99 Å². The average molecular weight is 342 g/mol. The number of pyridine rings is 1. The predicted molar refractivity (Wildman–Crippen MR) is 98.6 cm³/mol. The molecular formula is C17H22N6S. The highest BCUT2D eigenvalue weighted by Crippen LogP contribution is 2.10. The number of fused-ring (bicyclic) bond motifs is 1. The molecule has 24 heavy (non-hydrogen) atoms. The molecule has 0 aromatic carbocycles. The van der Waals surface area contributed by atoms with Crippen LogP contribution in [0.5, 0.6) is 0 Å². The van der Waals surface area contributed by atoms with Gasteiger partial charge in [0, 0.05) is 44.8 Å². The lowest BCUT2D eigenvalue weighted by molar-refractivity contribution is 0.471. The Balaban J connectivity index is 1.53. The van der Waals surface area contributed by atoms with Crippen molar-refractivity contribution in [2.45, 2.75) is 19.9 Å². The number of hydrogen-bond acceptors (Lipinski definition) is 4. The Morgan fingerprint density at radius 1 is 1.33 bits per heavy atom. The minimum Gasteiger partial charge on any atom is -0.356 e. The number of imidazole rings is 1. The molecule has 0 saturated carbocycles. The highest BCUT2D eigenvalue weighted by molar-refractivity contribution is 7.09. The van der Waals surface area contributed by atoms with Crippen molar-refractivity contribution >= 4 is 22.9 Å². The summed E-state index contributed by atoms with van der Waals surface area (Å²) in [6.45, 7) is 3.56. The molecule has 0 amide bonds. The Labute approximate surface area is 145 Å². The molecule has 0 radical (unpaired) electrons. The maximum Gasteiger partial charge on any atom is 0.193 e. The molecule has 0 spiro atoms. The van der Waals surface area contributed by atoms with E-state index in [1.54, 1.807) is 18.4 Å². The highest BCUT2D eigenvalue weighted by Gasteiger charge is 2.09. The summed E-state index contributed by atoms with van der Waals surface area (Å²) in [6.07, 6.45) is 4.94. The number of thiazole rings is 1. The summed E-state index contributed by atoms with van der Waals surface area (Å²) in [5.41, 5.74) is 3.12. The number of guanidine groups is 1. The van der Waals surface area contributed by atoms with Crippen LogP contribution in [-0.4, -0.2) is 45.9 Å². The summed E-state index contributed by atoms with van der Waals surface area (Å²) in [6, 6.07) is 6.02. The Kier molecular flexibility index (Phi) is 5.10. The zero-order valence-electron chi connectivity index (χ0n) is 14.2. The Hall–Kier alpha value is -2.41. The molecule has 3 aromatic heterocycles. The molecule has 0 unspecified atom stereocenters. The summed E-state index contributed by atoms with van der Waals surface area (Å²) in [7, 11) is 3.82. The molecule has 7 heteroatoms. The van der Waals surface area contributed by atoms with Gasteiger partial charge in [0.25, 0.3) is 0 Å². The first-order chi connectivity index (χ1) is 11.7. The Morgan fingerprint density at radius 2 is 2.21 bits per heavy atom. The van der Waals surface area contributed by atoms with E-state index >= 15 is 0 Å². The minimum absolute atomic E-state index is 0.748. The summed E-state index contributed by atoms with van der Waals surface area (Å²) in [5, 5.41) is 6.58. The molecule has 1 N–H and O–H groups in total. The first-order valence-corrected chi connectivity index (χ1v) is 8.79. The SMILES string of the molecule is CN=C(NCCc1cn2ccccc2n1)N(C)Cc1csc(C)n1. The van der Waals surface area contributed by atoms with Gasteiger partial charge in [0.15, 0.2) is 5.96 Å². The van der Waals surface area contributed by atoms with Gasteiger partial charge in [0.2, 0.25) is 0 Å². The van der Waals surface area contributed by atoms with Gasteiger partial charge >= 0.3 is 0 Å². The average Bonchev–Trinajstić information content (AvgIpc) is 3.16. The summed E-state index contributed by atoms with van der Waals surface area (Å²) < 4.78 is 2.04. The van der Waals surface area contributed by atoms with Gasteiger partial charge < -0.3 is 14.6 Å². The lowest BCUT2D eigenvalue weighted by Gasteiger charge is -2.21. The maximum atomic E-state index is 4.61. The zero-order valence-corrected chi connectivity index (χ0v) is 15.0. The van der Waals surface area contributed by atoms with Gasteiger partial charge in [-0.05, 0) is 19.1 Å². The van der Waals surface area contributed by atoms with Crippen molar-refractivity contribution < 1.29 is 0 Å². The van der Waals surface area contributed by atoms with E-state index in [4.69, 9.17) is 0 Å². The molecule has 6 nitrogen and oxygen atoms in total. The molecular weight excluding hydrogens is 320 g/mol. The molecule has 0 saturated heterocycles. The third-order valence-corrected chi connectivity index (χ3v) is 4.54. The smallest absolute Gasteiger partial charge is 0.193 e. The topological polar surface area (TPSA) is 57.8 Å². The Morgan fingerprint density at radius 3 is 2.92 bits per heavy atom. The van der Waals surface area contributed by atoms with Crippen LogP contribution in [-0.2, 0) is 13.0 Å². The number of nitrogens with one attached hydrogen (secondary N) is 1. The highest BCUT2D eigenvalue weighted by atomic mass is 32.1. The summed E-state index contributed by atoms with van der Waals surface area (Å²) in [4.78, 5) is 15.5. The zero-order chi connectivity index (χ0) is 16.9. The van der Waals surface area contributed by atoms with Crippen LogP contribution in [0.25, 0.3) is 5.65 Å². The number of aromatic nitrogens is 3. The lowest BCUT2D eigenvalue weighted by atomic mass is 10.3. The quantitative estimate of drug-likeness (QED) is 0.571. The summed E-state index contributed by atoms with van der Waals surface area (Å²) in [5.74, 6) is 0.865.